The molecule has 3 aliphatic rings. The number of carbonyl (C=O) groups excluding carboxylic acids is 3. The number of halogens is 1. The predicted molar refractivity (Wildman–Crippen MR) is 127 cm³/mol. The largest absolute Gasteiger partial charge is 0.461 e. The van der Waals surface area contributed by atoms with Crippen molar-refractivity contribution in [3.8, 4) is 5.75 Å². The molecule has 11 nitrogen and oxygen atoms in total. The van der Waals surface area contributed by atoms with Gasteiger partial charge in [0.15, 0.2) is 17.7 Å². The summed E-state index contributed by atoms with van der Waals surface area (Å²) in [7, 11) is -4.28. The SMILES string of the molecule is C[C@H](NP(=O)(OC[C@H]1O[C@@H](N2C=CC(=O)CC2=O)[C@](C)(F)[C@@H]1O)Oc1ccccc1)C(=O)OC1CCC1. The average molecular weight is 540 g/mol. The number of benzene rings is 1. The minimum atomic E-state index is -4.28. The maximum absolute atomic E-state index is 15.5. The number of ether oxygens (including phenoxy) is 2. The van der Waals surface area contributed by atoms with E-state index >= 15 is 4.39 Å². The Balaban J connectivity index is 1.46. The zero-order valence-electron chi connectivity index (χ0n) is 20.4. The van der Waals surface area contributed by atoms with Crippen LogP contribution in [0.1, 0.15) is 39.5 Å². The van der Waals surface area contributed by atoms with Gasteiger partial charge in [0, 0.05) is 6.20 Å². The first-order chi connectivity index (χ1) is 17.5. The first-order valence-corrected chi connectivity index (χ1v) is 13.5. The number of hydrogen-bond donors (Lipinski definition) is 2. The van der Waals surface area contributed by atoms with Gasteiger partial charge < -0.3 is 19.1 Å². The standard InChI is InChI=1S/C24H30FN2O9P/c1-15(22(31)34-17-9-6-10-17)26-37(32,36-18-7-4-3-5-8-18)33-14-19-21(30)24(2,25)23(35-19)27-12-11-16(28)13-20(27)29/h3-5,7-8,11-12,15,17,19,21,23,30H,6,9-10,13-14H2,1-2H3,(H,26,32)/t15-,19+,21+,23+,24+,37?/m0/s1. The molecular weight excluding hydrogens is 510 g/mol. The molecule has 6 atom stereocenters. The number of nitrogens with one attached hydrogen (secondary N) is 1. The topological polar surface area (TPSA) is 141 Å². The molecule has 0 bridgehead atoms. The van der Waals surface area contributed by atoms with E-state index in [1.807, 2.05) is 0 Å². The number of esters is 1. The van der Waals surface area contributed by atoms with Crippen LogP contribution in [0.4, 0.5) is 4.39 Å². The normalized spacial score (nSPS) is 30.5. The number of allylic oxidation sites excluding steroid dienone is 1. The Hall–Kier alpha value is -2.63. The van der Waals surface area contributed by atoms with E-state index in [1.54, 1.807) is 18.2 Å². The number of amides is 1. The molecule has 2 heterocycles. The van der Waals surface area contributed by atoms with Gasteiger partial charge in [0.25, 0.3) is 0 Å². The predicted octanol–water partition coefficient (Wildman–Crippen LogP) is 2.39. The van der Waals surface area contributed by atoms with Gasteiger partial charge in [-0.15, -0.1) is 0 Å². The first kappa shape index (κ1) is 27.4. The van der Waals surface area contributed by atoms with E-state index in [9.17, 15) is 24.1 Å². The van der Waals surface area contributed by atoms with E-state index in [4.69, 9.17) is 18.5 Å². The quantitative estimate of drug-likeness (QED) is 0.258. The lowest BCUT2D eigenvalue weighted by Gasteiger charge is -2.32. The second-order valence-corrected chi connectivity index (χ2v) is 11.1. The third-order valence-corrected chi connectivity index (χ3v) is 8.07. The summed E-state index contributed by atoms with van der Waals surface area (Å²) in [6.07, 6.45) is -0.615. The number of para-hydroxylation sites is 1. The molecule has 1 aromatic carbocycles. The number of alkyl halides is 1. The Bertz CT molecular complexity index is 1090. The molecule has 1 saturated heterocycles. The Morgan fingerprint density at radius 3 is 2.65 bits per heavy atom. The molecule has 2 aliphatic heterocycles. The van der Waals surface area contributed by atoms with Crippen LogP contribution >= 0.6 is 7.75 Å². The number of hydrogen-bond acceptors (Lipinski definition) is 9. The van der Waals surface area contributed by atoms with Crippen LogP contribution in [0.5, 0.6) is 5.75 Å². The van der Waals surface area contributed by atoms with Crippen LogP contribution in [0.15, 0.2) is 42.6 Å². The number of ketones is 1. The van der Waals surface area contributed by atoms with Crippen LogP contribution in [0.25, 0.3) is 0 Å². The van der Waals surface area contributed by atoms with Crippen molar-refractivity contribution in [3.63, 3.8) is 0 Å². The van der Waals surface area contributed by atoms with E-state index in [0.29, 0.717) is 0 Å². The van der Waals surface area contributed by atoms with Gasteiger partial charge in [0.2, 0.25) is 5.91 Å². The van der Waals surface area contributed by atoms with Crippen LogP contribution in [-0.4, -0.2) is 70.5 Å². The van der Waals surface area contributed by atoms with Crippen LogP contribution in [0.2, 0.25) is 0 Å². The van der Waals surface area contributed by atoms with Crippen LogP contribution in [-0.2, 0) is 32.9 Å². The van der Waals surface area contributed by atoms with Crippen molar-refractivity contribution < 1.29 is 47.0 Å². The molecular formula is C24H30FN2O9P. The summed E-state index contributed by atoms with van der Waals surface area (Å²) in [5.74, 6) is -1.58. The highest BCUT2D eigenvalue weighted by molar-refractivity contribution is 7.52. The Morgan fingerprint density at radius 2 is 2.03 bits per heavy atom. The number of nitrogens with zero attached hydrogens (tertiary/aromatic N) is 1. The number of rotatable bonds is 10. The summed E-state index contributed by atoms with van der Waals surface area (Å²) in [5, 5.41) is 13.1. The lowest BCUT2D eigenvalue weighted by atomic mass is 9.96. The summed E-state index contributed by atoms with van der Waals surface area (Å²) in [4.78, 5) is 37.1. The minimum absolute atomic E-state index is 0.174. The third-order valence-electron chi connectivity index (χ3n) is 6.42. The number of aliphatic hydroxyl groups is 1. The molecule has 1 aliphatic carbocycles. The maximum Gasteiger partial charge on any atom is 0.459 e. The van der Waals surface area contributed by atoms with Crippen LogP contribution in [0.3, 0.4) is 0 Å². The van der Waals surface area contributed by atoms with Crippen LogP contribution < -0.4 is 9.61 Å². The summed E-state index contributed by atoms with van der Waals surface area (Å²) in [6, 6.07) is 6.99. The molecule has 2 fully saturated rings. The minimum Gasteiger partial charge on any atom is -0.461 e. The van der Waals surface area contributed by atoms with E-state index < -0.39 is 68.6 Å². The van der Waals surface area contributed by atoms with Gasteiger partial charge in [0.1, 0.15) is 30.1 Å². The van der Waals surface area contributed by atoms with Gasteiger partial charge >= 0.3 is 13.7 Å². The highest BCUT2D eigenvalue weighted by atomic mass is 31.2. The van der Waals surface area contributed by atoms with E-state index in [0.717, 1.165) is 43.4 Å². The zero-order chi connectivity index (χ0) is 26.8. The molecule has 1 saturated carbocycles. The second kappa shape index (κ2) is 11.0. The fourth-order valence-electron chi connectivity index (χ4n) is 4.03. The van der Waals surface area contributed by atoms with E-state index in [2.05, 4.69) is 5.09 Å². The molecule has 1 amide bonds. The van der Waals surface area contributed by atoms with Gasteiger partial charge in [-0.2, -0.15) is 5.09 Å². The fourth-order valence-corrected chi connectivity index (χ4v) is 5.53. The summed E-state index contributed by atoms with van der Waals surface area (Å²) >= 11 is 0. The summed E-state index contributed by atoms with van der Waals surface area (Å²) in [5.41, 5.74) is -2.44. The van der Waals surface area contributed by atoms with Crippen molar-refractivity contribution in [2.24, 2.45) is 0 Å². The Morgan fingerprint density at radius 1 is 1.32 bits per heavy atom. The van der Waals surface area contributed by atoms with Gasteiger partial charge in [-0.25, -0.2) is 8.96 Å². The molecule has 0 aromatic heterocycles. The average Bonchev–Trinajstić information content (AvgIpc) is 3.04. The summed E-state index contributed by atoms with van der Waals surface area (Å²) < 4.78 is 51.2. The molecule has 0 spiro atoms. The second-order valence-electron chi connectivity index (χ2n) is 9.42. The molecule has 1 unspecified atom stereocenters. The van der Waals surface area contributed by atoms with E-state index in [-0.39, 0.29) is 11.9 Å². The van der Waals surface area contributed by atoms with Gasteiger partial charge in [-0.1, -0.05) is 18.2 Å². The van der Waals surface area contributed by atoms with Gasteiger partial charge in [0.05, 0.1) is 13.0 Å². The van der Waals surface area contributed by atoms with Crippen molar-refractivity contribution in [3.05, 3.63) is 42.6 Å². The van der Waals surface area contributed by atoms with Crippen molar-refractivity contribution in [1.82, 2.24) is 9.99 Å². The Kier molecular flexibility index (Phi) is 8.15. The van der Waals surface area contributed by atoms with Crippen molar-refractivity contribution in [2.75, 3.05) is 6.61 Å². The highest BCUT2D eigenvalue weighted by Crippen LogP contribution is 2.47. The molecule has 202 valence electrons. The highest BCUT2D eigenvalue weighted by Gasteiger charge is 2.57. The molecule has 37 heavy (non-hydrogen) atoms. The van der Waals surface area contributed by atoms with Crippen LogP contribution in [0, 0.1) is 0 Å². The molecule has 0 radical (unpaired) electrons. The molecule has 13 heteroatoms. The Labute approximate surface area is 213 Å². The van der Waals surface area contributed by atoms with E-state index in [1.165, 1.54) is 19.1 Å². The zero-order valence-corrected chi connectivity index (χ0v) is 21.3. The molecule has 4 rings (SSSR count). The van der Waals surface area contributed by atoms with Crippen molar-refractivity contribution >= 4 is 25.4 Å². The molecule has 2 N–H and O–H groups in total. The lowest BCUT2D eigenvalue weighted by Crippen LogP contribution is -2.51. The lowest BCUT2D eigenvalue weighted by molar-refractivity contribution is -0.154. The third kappa shape index (κ3) is 6.27. The maximum atomic E-state index is 15.5. The van der Waals surface area contributed by atoms with Gasteiger partial charge in [-0.05, 0) is 51.3 Å². The summed E-state index contributed by atoms with van der Waals surface area (Å²) in [6.45, 7) is 1.89. The van der Waals surface area contributed by atoms with Crippen molar-refractivity contribution in [1.29, 1.82) is 0 Å². The fraction of sp³-hybridized carbons (Fsp3) is 0.542. The van der Waals surface area contributed by atoms with Crippen molar-refractivity contribution in [2.45, 2.75) is 75.8 Å². The number of aliphatic hydroxyl groups excluding tert-OH is 1. The monoisotopic (exact) mass is 540 g/mol. The molecule has 1 aromatic rings. The smallest absolute Gasteiger partial charge is 0.459 e. The van der Waals surface area contributed by atoms with Gasteiger partial charge in [-0.3, -0.25) is 23.8 Å². The number of carbonyl (C=O) groups is 3. The first-order valence-electron chi connectivity index (χ1n) is 12.0.